The van der Waals surface area contributed by atoms with Crippen molar-refractivity contribution in [3.63, 3.8) is 0 Å². The van der Waals surface area contributed by atoms with Crippen LogP contribution in [0.3, 0.4) is 0 Å². The number of nitrogens with one attached hydrogen (secondary N) is 2. The molecule has 3 rings (SSSR count). The lowest BCUT2D eigenvalue weighted by atomic mass is 9.86. The number of H-pyrrole nitrogens is 1. The van der Waals surface area contributed by atoms with Gasteiger partial charge in [0.05, 0.1) is 5.75 Å². The summed E-state index contributed by atoms with van der Waals surface area (Å²) in [6.45, 7) is 2.21. The molecule has 2 heterocycles. The minimum Gasteiger partial charge on any atom is -0.352 e. The summed E-state index contributed by atoms with van der Waals surface area (Å²) >= 11 is 1.34. The lowest BCUT2D eigenvalue weighted by Crippen LogP contribution is -2.41. The first-order chi connectivity index (χ1) is 11.2. The zero-order valence-corrected chi connectivity index (χ0v) is 14.0. The summed E-state index contributed by atoms with van der Waals surface area (Å²) in [6.07, 6.45) is 6.48. The molecule has 2 aromatic rings. The largest absolute Gasteiger partial charge is 0.352 e. The number of aromatic nitrogens is 4. The van der Waals surface area contributed by atoms with Crippen molar-refractivity contribution in [2.45, 2.75) is 43.8 Å². The van der Waals surface area contributed by atoms with E-state index < -0.39 is 0 Å². The van der Waals surface area contributed by atoms with Gasteiger partial charge in [-0.1, -0.05) is 37.6 Å². The van der Waals surface area contributed by atoms with Gasteiger partial charge in [-0.2, -0.15) is 4.98 Å². The number of amides is 1. The van der Waals surface area contributed by atoms with Crippen LogP contribution in [0.2, 0.25) is 0 Å². The molecule has 0 bridgehead atoms. The molecule has 6 nitrogen and oxygen atoms in total. The topological polar surface area (TPSA) is 83.6 Å². The van der Waals surface area contributed by atoms with E-state index in [0.717, 1.165) is 12.1 Å². The summed E-state index contributed by atoms with van der Waals surface area (Å²) in [6, 6.07) is 5.93. The minimum atomic E-state index is 0.0536. The first-order valence-electron chi connectivity index (χ1n) is 7.98. The number of rotatable bonds is 5. The Morgan fingerprint density at radius 3 is 3.04 bits per heavy atom. The van der Waals surface area contributed by atoms with Crippen LogP contribution in [0.4, 0.5) is 0 Å². The highest BCUT2D eigenvalue weighted by Crippen LogP contribution is 2.24. The lowest BCUT2D eigenvalue weighted by Gasteiger charge is -2.29. The van der Waals surface area contributed by atoms with E-state index >= 15 is 0 Å². The molecule has 0 aliphatic heterocycles. The van der Waals surface area contributed by atoms with Crippen LogP contribution in [0.5, 0.6) is 0 Å². The monoisotopic (exact) mass is 331 g/mol. The summed E-state index contributed by atoms with van der Waals surface area (Å²) in [4.78, 5) is 20.7. The molecular formula is C16H21N5OS. The van der Waals surface area contributed by atoms with Gasteiger partial charge in [0.15, 0.2) is 5.82 Å². The average molecular weight is 331 g/mol. The first-order valence-corrected chi connectivity index (χ1v) is 8.97. The van der Waals surface area contributed by atoms with Crippen molar-refractivity contribution in [2.75, 3.05) is 5.75 Å². The van der Waals surface area contributed by atoms with Gasteiger partial charge in [-0.05, 0) is 30.9 Å². The van der Waals surface area contributed by atoms with Gasteiger partial charge in [0, 0.05) is 12.2 Å². The second kappa shape index (κ2) is 7.59. The highest BCUT2D eigenvalue weighted by molar-refractivity contribution is 7.99. The summed E-state index contributed by atoms with van der Waals surface area (Å²) in [5.74, 6) is 1.58. The number of aromatic amines is 1. The van der Waals surface area contributed by atoms with Crippen LogP contribution in [-0.4, -0.2) is 37.9 Å². The van der Waals surface area contributed by atoms with Crippen LogP contribution in [0.15, 0.2) is 29.6 Å². The molecule has 0 radical (unpaired) electrons. The van der Waals surface area contributed by atoms with Gasteiger partial charge in [-0.15, -0.1) is 5.10 Å². The fourth-order valence-corrected chi connectivity index (χ4v) is 3.45. The van der Waals surface area contributed by atoms with Gasteiger partial charge in [-0.3, -0.25) is 14.9 Å². The molecule has 1 amide bonds. The maximum atomic E-state index is 12.1. The van der Waals surface area contributed by atoms with Gasteiger partial charge >= 0.3 is 0 Å². The first kappa shape index (κ1) is 16.0. The molecule has 0 aromatic carbocycles. The van der Waals surface area contributed by atoms with Crippen molar-refractivity contribution in [3.05, 3.63) is 24.4 Å². The Morgan fingerprint density at radius 2 is 2.26 bits per heavy atom. The van der Waals surface area contributed by atoms with Crippen LogP contribution >= 0.6 is 11.8 Å². The highest BCUT2D eigenvalue weighted by atomic mass is 32.2. The second-order valence-corrected chi connectivity index (χ2v) is 6.85. The minimum absolute atomic E-state index is 0.0536. The maximum absolute atomic E-state index is 12.1. The van der Waals surface area contributed by atoms with E-state index in [2.05, 4.69) is 32.4 Å². The molecule has 23 heavy (non-hydrogen) atoms. The number of hydrogen-bond donors (Lipinski definition) is 2. The summed E-state index contributed by atoms with van der Waals surface area (Å²) < 4.78 is 0. The van der Waals surface area contributed by atoms with E-state index in [1.165, 1.54) is 31.0 Å². The molecule has 1 saturated carbocycles. The summed E-state index contributed by atoms with van der Waals surface area (Å²) in [7, 11) is 0. The van der Waals surface area contributed by atoms with Gasteiger partial charge in [0.1, 0.15) is 5.69 Å². The Labute approximate surface area is 139 Å². The third-order valence-electron chi connectivity index (χ3n) is 4.16. The Morgan fingerprint density at radius 1 is 1.39 bits per heavy atom. The van der Waals surface area contributed by atoms with Crippen LogP contribution in [0.25, 0.3) is 11.5 Å². The number of nitrogens with zero attached hydrogens (tertiary/aromatic N) is 3. The molecular weight excluding hydrogens is 310 g/mol. The van der Waals surface area contributed by atoms with Crippen molar-refractivity contribution < 1.29 is 4.79 Å². The van der Waals surface area contributed by atoms with Crippen LogP contribution in [-0.2, 0) is 4.79 Å². The normalized spacial score (nSPS) is 21.1. The predicted molar refractivity (Wildman–Crippen MR) is 89.9 cm³/mol. The quantitative estimate of drug-likeness (QED) is 0.823. The average Bonchev–Trinajstić information content (AvgIpc) is 3.05. The maximum Gasteiger partial charge on any atom is 0.230 e. The number of hydrogen-bond acceptors (Lipinski definition) is 5. The summed E-state index contributed by atoms with van der Waals surface area (Å²) in [5, 5.41) is 10.7. The molecule has 1 fully saturated rings. The van der Waals surface area contributed by atoms with Crippen molar-refractivity contribution in [1.29, 1.82) is 0 Å². The smallest absolute Gasteiger partial charge is 0.230 e. The fourth-order valence-electron chi connectivity index (χ4n) is 2.84. The van der Waals surface area contributed by atoms with Gasteiger partial charge in [0.2, 0.25) is 11.1 Å². The van der Waals surface area contributed by atoms with Gasteiger partial charge in [-0.25, -0.2) is 0 Å². The molecule has 7 heteroatoms. The molecule has 2 atom stereocenters. The number of carbonyl (C=O) groups excluding carboxylic acids is 1. The van der Waals surface area contributed by atoms with Crippen molar-refractivity contribution in [2.24, 2.45) is 5.92 Å². The van der Waals surface area contributed by atoms with Crippen molar-refractivity contribution in [1.82, 2.24) is 25.5 Å². The zero-order chi connectivity index (χ0) is 16.1. The lowest BCUT2D eigenvalue weighted by molar-refractivity contribution is -0.119. The zero-order valence-electron chi connectivity index (χ0n) is 13.2. The molecule has 1 aliphatic rings. The third kappa shape index (κ3) is 4.31. The molecule has 0 unspecified atom stereocenters. The molecule has 2 aromatic heterocycles. The highest BCUT2D eigenvalue weighted by Gasteiger charge is 2.22. The van der Waals surface area contributed by atoms with E-state index in [0.29, 0.717) is 28.7 Å². The SMILES string of the molecule is C[C@@H]1CCCC[C@@H]1NC(=O)CSc1n[nH]c(-c2ccccn2)n1. The number of pyridine rings is 1. The van der Waals surface area contributed by atoms with E-state index in [4.69, 9.17) is 0 Å². The van der Waals surface area contributed by atoms with Crippen LogP contribution in [0.1, 0.15) is 32.6 Å². The Kier molecular flexibility index (Phi) is 5.27. The van der Waals surface area contributed by atoms with Crippen LogP contribution < -0.4 is 5.32 Å². The molecule has 0 saturated heterocycles. The standard InChI is InChI=1S/C16H21N5OS/c1-11-6-2-3-7-12(11)18-14(22)10-23-16-19-15(20-21-16)13-8-4-5-9-17-13/h4-5,8-9,11-12H,2-3,6-7,10H2,1H3,(H,18,22)(H,19,20,21)/t11-,12+/m1/s1. The van der Waals surface area contributed by atoms with Crippen LogP contribution in [0, 0.1) is 5.92 Å². The number of carbonyl (C=O) groups is 1. The third-order valence-corrected chi connectivity index (χ3v) is 5.01. The number of thioether (sulfide) groups is 1. The van der Waals surface area contributed by atoms with Crippen molar-refractivity contribution >= 4 is 17.7 Å². The van der Waals surface area contributed by atoms with Gasteiger partial charge in [0.25, 0.3) is 0 Å². The molecule has 122 valence electrons. The Bertz CT molecular complexity index is 645. The molecule has 1 aliphatic carbocycles. The van der Waals surface area contributed by atoms with E-state index in [1.807, 2.05) is 18.2 Å². The second-order valence-electron chi connectivity index (χ2n) is 5.91. The summed E-state index contributed by atoms with van der Waals surface area (Å²) in [5.41, 5.74) is 0.743. The molecule has 2 N–H and O–H groups in total. The van der Waals surface area contributed by atoms with Crippen molar-refractivity contribution in [3.8, 4) is 11.5 Å². The van der Waals surface area contributed by atoms with Gasteiger partial charge < -0.3 is 5.32 Å². The fraction of sp³-hybridized carbons (Fsp3) is 0.500. The van der Waals surface area contributed by atoms with E-state index in [1.54, 1.807) is 6.20 Å². The molecule has 0 spiro atoms. The Balaban J connectivity index is 1.50. The predicted octanol–water partition coefficient (Wildman–Crippen LogP) is 2.65. The van der Waals surface area contributed by atoms with E-state index in [-0.39, 0.29) is 5.91 Å². The van der Waals surface area contributed by atoms with E-state index in [9.17, 15) is 4.79 Å². The Hall–Kier alpha value is -1.89.